The smallest absolute Gasteiger partial charge is 0.220 e. The van der Waals surface area contributed by atoms with Crippen LogP contribution < -0.4 is 10.1 Å². The summed E-state index contributed by atoms with van der Waals surface area (Å²) in [6, 6.07) is 9.83. The summed E-state index contributed by atoms with van der Waals surface area (Å²) in [5.74, 6) is 1.03. The third kappa shape index (κ3) is 5.51. The van der Waals surface area contributed by atoms with Crippen molar-refractivity contribution in [2.24, 2.45) is 4.99 Å². The molecule has 0 saturated heterocycles. The summed E-state index contributed by atoms with van der Waals surface area (Å²) < 4.78 is 5.62. The molecule has 0 aliphatic carbocycles. The number of rotatable bonds is 6. The minimum atomic E-state index is 0.349. The lowest BCUT2D eigenvalue weighted by Crippen LogP contribution is -2.10. The monoisotopic (exact) mass is 269 g/mol. The molecule has 1 aromatic carbocycles. The Labute approximate surface area is 120 Å². The average molecular weight is 269 g/mol. The molecule has 0 radical (unpaired) electrons. The van der Waals surface area contributed by atoms with Crippen LogP contribution in [-0.4, -0.2) is 19.5 Å². The van der Waals surface area contributed by atoms with Crippen LogP contribution in [0.15, 0.2) is 53.7 Å². The van der Waals surface area contributed by atoms with E-state index in [1.807, 2.05) is 37.4 Å². The molecule has 4 heteroatoms. The number of hydrogen-bond donors (Lipinski definition) is 1. The Kier molecular flexibility index (Phi) is 6.80. The number of nitrogens with zero attached hydrogens (tertiary/aromatic N) is 2. The molecule has 0 aromatic heterocycles. The summed E-state index contributed by atoms with van der Waals surface area (Å²) in [5.41, 5.74) is 1.76. The number of allylic oxidation sites excluding steroid dienone is 1. The highest BCUT2D eigenvalue weighted by Crippen LogP contribution is 2.13. The standard InChI is InChI=1S/C16H19N3O/c1-4-19-16(11-13(2)12-17)20-15-7-5-14(6-8-15)9-10-18-3/h4-8,11,18H,1,9-10H2,2-3H3/b13-11+,19-16+. The van der Waals surface area contributed by atoms with Crippen LogP contribution in [0.2, 0.25) is 0 Å². The second kappa shape index (κ2) is 8.68. The lowest BCUT2D eigenvalue weighted by Gasteiger charge is -2.06. The topological polar surface area (TPSA) is 57.4 Å². The molecule has 0 atom stereocenters. The van der Waals surface area contributed by atoms with Gasteiger partial charge in [0, 0.05) is 17.8 Å². The van der Waals surface area contributed by atoms with Gasteiger partial charge in [0.25, 0.3) is 0 Å². The molecule has 0 heterocycles. The average Bonchev–Trinajstić information content (AvgIpc) is 2.46. The minimum Gasteiger partial charge on any atom is -0.439 e. The molecular formula is C16H19N3O. The fourth-order valence-electron chi connectivity index (χ4n) is 1.51. The van der Waals surface area contributed by atoms with E-state index in [1.54, 1.807) is 13.0 Å². The van der Waals surface area contributed by atoms with Crippen LogP contribution in [-0.2, 0) is 6.42 Å². The lowest BCUT2D eigenvalue weighted by atomic mass is 10.1. The second-order valence-electron chi connectivity index (χ2n) is 4.19. The van der Waals surface area contributed by atoms with E-state index < -0.39 is 0 Å². The van der Waals surface area contributed by atoms with Crippen LogP contribution in [0.25, 0.3) is 0 Å². The van der Waals surface area contributed by atoms with Crippen molar-refractivity contribution in [2.75, 3.05) is 13.6 Å². The summed E-state index contributed by atoms with van der Waals surface area (Å²) in [7, 11) is 1.93. The fourth-order valence-corrected chi connectivity index (χ4v) is 1.51. The third-order valence-electron chi connectivity index (χ3n) is 2.54. The van der Waals surface area contributed by atoms with Crippen LogP contribution in [0.3, 0.4) is 0 Å². The van der Waals surface area contributed by atoms with Gasteiger partial charge >= 0.3 is 0 Å². The zero-order valence-electron chi connectivity index (χ0n) is 11.9. The summed E-state index contributed by atoms with van der Waals surface area (Å²) in [6.07, 6.45) is 3.94. The van der Waals surface area contributed by atoms with Crippen molar-refractivity contribution in [3.05, 3.63) is 54.3 Å². The maximum Gasteiger partial charge on any atom is 0.220 e. The maximum absolute atomic E-state index is 8.78. The van der Waals surface area contributed by atoms with Gasteiger partial charge in [-0.1, -0.05) is 18.7 Å². The molecule has 0 fully saturated rings. The number of hydrogen-bond acceptors (Lipinski definition) is 4. The number of aliphatic imine (C=N–C) groups is 1. The number of nitrogens with one attached hydrogen (secondary N) is 1. The Hall–Kier alpha value is -2.38. The molecule has 0 saturated carbocycles. The first-order valence-corrected chi connectivity index (χ1v) is 6.38. The SMILES string of the molecule is C=C/N=C(\C=C(/C)C#N)Oc1ccc(CCNC)cc1. The van der Waals surface area contributed by atoms with Gasteiger partial charge in [0.15, 0.2) is 0 Å². The van der Waals surface area contributed by atoms with Crippen LogP contribution in [0.1, 0.15) is 12.5 Å². The summed E-state index contributed by atoms with van der Waals surface area (Å²) in [4.78, 5) is 4.00. The largest absolute Gasteiger partial charge is 0.439 e. The first-order valence-electron chi connectivity index (χ1n) is 6.38. The van der Waals surface area contributed by atoms with Crippen LogP contribution in [0.4, 0.5) is 0 Å². The van der Waals surface area contributed by atoms with E-state index in [-0.39, 0.29) is 0 Å². The van der Waals surface area contributed by atoms with Gasteiger partial charge in [0.05, 0.1) is 6.07 Å². The summed E-state index contributed by atoms with van der Waals surface area (Å²) in [6.45, 7) is 6.17. The van der Waals surface area contributed by atoms with E-state index in [1.165, 1.54) is 11.8 Å². The van der Waals surface area contributed by atoms with Gasteiger partial charge in [-0.15, -0.1) is 0 Å². The van der Waals surface area contributed by atoms with E-state index in [2.05, 4.69) is 16.9 Å². The van der Waals surface area contributed by atoms with E-state index in [0.717, 1.165) is 13.0 Å². The molecule has 1 aromatic rings. The second-order valence-corrected chi connectivity index (χ2v) is 4.19. The predicted molar refractivity (Wildman–Crippen MR) is 81.7 cm³/mol. The van der Waals surface area contributed by atoms with Gasteiger partial charge in [0.2, 0.25) is 5.90 Å². The number of benzene rings is 1. The highest BCUT2D eigenvalue weighted by atomic mass is 16.5. The lowest BCUT2D eigenvalue weighted by molar-refractivity contribution is 0.555. The highest BCUT2D eigenvalue weighted by molar-refractivity contribution is 5.91. The van der Waals surface area contributed by atoms with Crippen molar-refractivity contribution in [2.45, 2.75) is 13.3 Å². The summed E-state index contributed by atoms with van der Waals surface area (Å²) >= 11 is 0. The van der Waals surface area contributed by atoms with Crippen molar-refractivity contribution in [1.29, 1.82) is 5.26 Å². The Morgan fingerprint density at radius 1 is 1.45 bits per heavy atom. The van der Waals surface area contributed by atoms with E-state index in [4.69, 9.17) is 10.00 Å². The summed E-state index contributed by atoms with van der Waals surface area (Å²) in [5, 5.41) is 11.9. The molecule has 1 N–H and O–H groups in total. The first kappa shape index (κ1) is 15.7. The highest BCUT2D eigenvalue weighted by Gasteiger charge is 2.01. The van der Waals surface area contributed by atoms with Crippen molar-refractivity contribution in [1.82, 2.24) is 5.32 Å². The third-order valence-corrected chi connectivity index (χ3v) is 2.54. The van der Waals surface area contributed by atoms with E-state index >= 15 is 0 Å². The minimum absolute atomic E-state index is 0.349. The molecule has 0 aliphatic heterocycles. The zero-order chi connectivity index (χ0) is 14.8. The zero-order valence-corrected chi connectivity index (χ0v) is 11.9. The molecule has 0 amide bonds. The van der Waals surface area contributed by atoms with E-state index in [0.29, 0.717) is 17.2 Å². The fraction of sp³-hybridized carbons (Fsp3) is 0.250. The number of ether oxygens (including phenoxy) is 1. The molecule has 0 unspecified atom stereocenters. The van der Waals surface area contributed by atoms with Crippen molar-refractivity contribution >= 4 is 5.90 Å². The molecule has 20 heavy (non-hydrogen) atoms. The first-order chi connectivity index (χ1) is 9.69. The van der Waals surface area contributed by atoms with Gasteiger partial charge < -0.3 is 10.1 Å². The quantitative estimate of drug-likeness (QED) is 0.491. The van der Waals surface area contributed by atoms with Crippen LogP contribution in [0.5, 0.6) is 5.75 Å². The molecule has 1 rings (SSSR count). The Morgan fingerprint density at radius 3 is 2.70 bits per heavy atom. The van der Waals surface area contributed by atoms with Gasteiger partial charge in [-0.25, -0.2) is 4.99 Å². The van der Waals surface area contributed by atoms with Crippen molar-refractivity contribution < 1.29 is 4.74 Å². The number of nitriles is 1. The van der Waals surface area contributed by atoms with Crippen LogP contribution in [0, 0.1) is 11.3 Å². The van der Waals surface area contributed by atoms with E-state index in [9.17, 15) is 0 Å². The van der Waals surface area contributed by atoms with Gasteiger partial charge in [-0.05, 0) is 44.6 Å². The van der Waals surface area contributed by atoms with Crippen LogP contribution >= 0.6 is 0 Å². The molecule has 0 aliphatic rings. The number of likely N-dealkylation sites (N-methyl/N-ethyl adjacent to an activating group) is 1. The molecular weight excluding hydrogens is 250 g/mol. The van der Waals surface area contributed by atoms with Crippen molar-refractivity contribution in [3.63, 3.8) is 0 Å². The Bertz CT molecular complexity index is 536. The predicted octanol–water partition coefficient (Wildman–Crippen LogP) is 2.84. The Balaban J connectivity index is 2.77. The molecule has 0 spiro atoms. The normalized spacial score (nSPS) is 11.8. The van der Waals surface area contributed by atoms with Gasteiger partial charge in [-0.2, -0.15) is 5.26 Å². The molecule has 4 nitrogen and oxygen atoms in total. The Morgan fingerprint density at radius 2 is 2.15 bits per heavy atom. The molecule has 0 bridgehead atoms. The maximum atomic E-state index is 8.78. The molecule has 104 valence electrons. The van der Waals surface area contributed by atoms with Gasteiger partial charge in [0.1, 0.15) is 5.75 Å². The van der Waals surface area contributed by atoms with Crippen molar-refractivity contribution in [3.8, 4) is 11.8 Å². The van der Waals surface area contributed by atoms with Gasteiger partial charge in [-0.3, -0.25) is 0 Å².